The van der Waals surface area contributed by atoms with Crippen molar-refractivity contribution in [2.24, 2.45) is 5.73 Å². The minimum absolute atomic E-state index is 0.0737. The fourth-order valence-electron chi connectivity index (χ4n) is 1.74. The number of rotatable bonds is 3. The SMILES string of the molecule is CN(c1ccccc1)c1ccc(C(=N)N)cc1Br. The summed E-state index contributed by atoms with van der Waals surface area (Å²) in [7, 11) is 2.00. The first-order valence-corrected chi connectivity index (χ1v) is 6.31. The molecule has 0 unspecified atom stereocenters. The van der Waals surface area contributed by atoms with Gasteiger partial charge < -0.3 is 10.6 Å². The van der Waals surface area contributed by atoms with Gasteiger partial charge in [-0.15, -0.1) is 0 Å². The molecule has 0 bridgehead atoms. The molecular formula is C14H14BrN3. The van der Waals surface area contributed by atoms with Crippen molar-refractivity contribution in [2.45, 2.75) is 0 Å². The molecule has 0 radical (unpaired) electrons. The minimum atomic E-state index is 0.0737. The van der Waals surface area contributed by atoms with Crippen LogP contribution in [0.1, 0.15) is 5.56 Å². The first-order chi connectivity index (χ1) is 8.59. The predicted octanol–water partition coefficient (Wildman–Crippen LogP) is 3.50. The number of amidine groups is 1. The lowest BCUT2D eigenvalue weighted by atomic mass is 10.1. The van der Waals surface area contributed by atoms with Crippen LogP contribution in [0.5, 0.6) is 0 Å². The number of nitrogens with two attached hydrogens (primary N) is 1. The molecule has 18 heavy (non-hydrogen) atoms. The smallest absolute Gasteiger partial charge is 0.122 e. The highest BCUT2D eigenvalue weighted by atomic mass is 79.9. The van der Waals surface area contributed by atoms with E-state index in [0.717, 1.165) is 15.8 Å². The van der Waals surface area contributed by atoms with Gasteiger partial charge in [-0.05, 0) is 46.3 Å². The second-order valence-corrected chi connectivity index (χ2v) is 4.83. The van der Waals surface area contributed by atoms with Crippen molar-refractivity contribution in [1.82, 2.24) is 0 Å². The number of hydrogen-bond acceptors (Lipinski definition) is 2. The molecule has 0 atom stereocenters. The van der Waals surface area contributed by atoms with Gasteiger partial charge in [0.25, 0.3) is 0 Å². The third-order valence-electron chi connectivity index (χ3n) is 2.76. The van der Waals surface area contributed by atoms with Gasteiger partial charge in [0.2, 0.25) is 0 Å². The number of halogens is 1. The maximum atomic E-state index is 7.42. The van der Waals surface area contributed by atoms with Crippen LogP contribution in [0, 0.1) is 5.41 Å². The third kappa shape index (κ3) is 2.54. The van der Waals surface area contributed by atoms with E-state index in [9.17, 15) is 0 Å². The van der Waals surface area contributed by atoms with Crippen LogP contribution in [-0.2, 0) is 0 Å². The molecule has 0 heterocycles. The molecule has 3 N–H and O–H groups in total. The van der Waals surface area contributed by atoms with E-state index in [4.69, 9.17) is 11.1 Å². The number of anilines is 2. The molecule has 0 saturated heterocycles. The fraction of sp³-hybridized carbons (Fsp3) is 0.0714. The minimum Gasteiger partial charge on any atom is -0.384 e. The van der Waals surface area contributed by atoms with E-state index in [1.807, 2.05) is 55.6 Å². The van der Waals surface area contributed by atoms with Gasteiger partial charge in [-0.2, -0.15) is 0 Å². The van der Waals surface area contributed by atoms with E-state index in [1.165, 1.54) is 0 Å². The van der Waals surface area contributed by atoms with Crippen molar-refractivity contribution in [3.8, 4) is 0 Å². The fourth-order valence-corrected chi connectivity index (χ4v) is 2.38. The lowest BCUT2D eigenvalue weighted by molar-refractivity contribution is 1.20. The van der Waals surface area contributed by atoms with Crippen LogP contribution in [0.3, 0.4) is 0 Å². The number of hydrogen-bond donors (Lipinski definition) is 2. The summed E-state index contributed by atoms with van der Waals surface area (Å²) in [6.07, 6.45) is 0. The molecule has 92 valence electrons. The Kier molecular flexibility index (Phi) is 3.67. The van der Waals surface area contributed by atoms with Crippen LogP contribution < -0.4 is 10.6 Å². The molecule has 3 nitrogen and oxygen atoms in total. The maximum absolute atomic E-state index is 7.42. The summed E-state index contributed by atoms with van der Waals surface area (Å²) < 4.78 is 0.918. The summed E-state index contributed by atoms with van der Waals surface area (Å²) in [6.45, 7) is 0. The van der Waals surface area contributed by atoms with Gasteiger partial charge in [0.05, 0.1) is 5.69 Å². The van der Waals surface area contributed by atoms with Gasteiger partial charge >= 0.3 is 0 Å². The molecule has 0 aliphatic carbocycles. The van der Waals surface area contributed by atoms with Crippen LogP contribution in [-0.4, -0.2) is 12.9 Å². The van der Waals surface area contributed by atoms with Crippen LogP contribution in [0.25, 0.3) is 0 Å². The van der Waals surface area contributed by atoms with Crippen molar-refractivity contribution in [1.29, 1.82) is 5.41 Å². The van der Waals surface area contributed by atoms with Gasteiger partial charge in [0.15, 0.2) is 0 Å². The number of benzene rings is 2. The van der Waals surface area contributed by atoms with Gasteiger partial charge in [-0.1, -0.05) is 18.2 Å². The summed E-state index contributed by atoms with van der Waals surface area (Å²) in [5.74, 6) is 0.0737. The average molecular weight is 304 g/mol. The number of nitrogens with one attached hydrogen (secondary N) is 1. The van der Waals surface area contributed by atoms with Crippen LogP contribution in [0.15, 0.2) is 53.0 Å². The summed E-state index contributed by atoms with van der Waals surface area (Å²) in [5.41, 5.74) is 8.32. The first-order valence-electron chi connectivity index (χ1n) is 5.52. The zero-order valence-corrected chi connectivity index (χ0v) is 11.6. The lowest BCUT2D eigenvalue weighted by Crippen LogP contribution is -2.13. The predicted molar refractivity (Wildman–Crippen MR) is 79.7 cm³/mol. The van der Waals surface area contributed by atoms with E-state index in [2.05, 4.69) is 20.8 Å². The Morgan fingerprint density at radius 1 is 1.17 bits per heavy atom. The van der Waals surface area contributed by atoms with E-state index in [0.29, 0.717) is 5.56 Å². The van der Waals surface area contributed by atoms with Crippen molar-refractivity contribution < 1.29 is 0 Å². The van der Waals surface area contributed by atoms with E-state index < -0.39 is 0 Å². The molecular weight excluding hydrogens is 290 g/mol. The first kappa shape index (κ1) is 12.6. The Bertz CT molecular complexity index is 567. The molecule has 0 aromatic heterocycles. The van der Waals surface area contributed by atoms with Crippen LogP contribution in [0.2, 0.25) is 0 Å². The molecule has 4 heteroatoms. The van der Waals surface area contributed by atoms with Crippen LogP contribution in [0.4, 0.5) is 11.4 Å². The zero-order valence-electron chi connectivity index (χ0n) is 10.0. The molecule has 0 aliphatic rings. The number of para-hydroxylation sites is 1. The highest BCUT2D eigenvalue weighted by molar-refractivity contribution is 9.10. The maximum Gasteiger partial charge on any atom is 0.122 e. The topological polar surface area (TPSA) is 53.1 Å². The summed E-state index contributed by atoms with van der Waals surface area (Å²) >= 11 is 3.52. The second kappa shape index (κ2) is 5.23. The Morgan fingerprint density at radius 2 is 1.83 bits per heavy atom. The third-order valence-corrected chi connectivity index (χ3v) is 3.40. The van der Waals surface area contributed by atoms with Crippen molar-refractivity contribution >= 4 is 33.1 Å². The quantitative estimate of drug-likeness (QED) is 0.673. The Hall–Kier alpha value is -1.81. The molecule has 0 amide bonds. The highest BCUT2D eigenvalue weighted by Gasteiger charge is 2.09. The second-order valence-electron chi connectivity index (χ2n) is 3.97. The van der Waals surface area contributed by atoms with Gasteiger partial charge in [0.1, 0.15) is 5.84 Å². The molecule has 0 fully saturated rings. The Labute approximate surface area is 115 Å². The van der Waals surface area contributed by atoms with Crippen molar-refractivity contribution in [2.75, 3.05) is 11.9 Å². The Balaban J connectivity index is 2.37. The lowest BCUT2D eigenvalue weighted by Gasteiger charge is -2.21. The highest BCUT2D eigenvalue weighted by Crippen LogP contribution is 2.31. The van der Waals surface area contributed by atoms with Gasteiger partial charge in [-0.3, -0.25) is 5.41 Å². The van der Waals surface area contributed by atoms with Gasteiger partial charge in [-0.25, -0.2) is 0 Å². The Morgan fingerprint density at radius 3 is 2.39 bits per heavy atom. The molecule has 2 aromatic rings. The standard InChI is InChI=1S/C14H14BrN3/c1-18(11-5-3-2-4-6-11)13-8-7-10(14(16)17)9-12(13)15/h2-9H,1H3,(H3,16,17). The van der Waals surface area contributed by atoms with Gasteiger partial charge in [0, 0.05) is 22.8 Å². The monoisotopic (exact) mass is 303 g/mol. The summed E-state index contributed by atoms with van der Waals surface area (Å²) in [5, 5.41) is 7.42. The summed E-state index contributed by atoms with van der Waals surface area (Å²) in [4.78, 5) is 2.08. The molecule has 2 aromatic carbocycles. The number of nitrogen functional groups attached to an aromatic ring is 1. The molecule has 2 rings (SSSR count). The largest absolute Gasteiger partial charge is 0.384 e. The number of nitrogens with zero attached hydrogens (tertiary/aromatic N) is 1. The van der Waals surface area contributed by atoms with Crippen LogP contribution >= 0.6 is 15.9 Å². The molecule has 0 spiro atoms. The molecule has 0 aliphatic heterocycles. The van der Waals surface area contributed by atoms with E-state index in [-0.39, 0.29) is 5.84 Å². The van der Waals surface area contributed by atoms with E-state index in [1.54, 1.807) is 0 Å². The average Bonchev–Trinajstić information content (AvgIpc) is 2.38. The zero-order chi connectivity index (χ0) is 13.1. The van der Waals surface area contributed by atoms with Crippen molar-refractivity contribution in [3.63, 3.8) is 0 Å². The van der Waals surface area contributed by atoms with E-state index >= 15 is 0 Å². The van der Waals surface area contributed by atoms with Crippen molar-refractivity contribution in [3.05, 3.63) is 58.6 Å². The normalized spacial score (nSPS) is 10.1. The summed E-state index contributed by atoms with van der Waals surface area (Å²) in [6, 6.07) is 15.8. The molecule has 0 saturated carbocycles.